The molecule has 1 nitrogen and oxygen atoms in total. The highest BCUT2D eigenvalue weighted by Crippen LogP contribution is 2.34. The van der Waals surface area contributed by atoms with Crippen LogP contribution >= 0.6 is 0 Å². The van der Waals surface area contributed by atoms with Crippen molar-refractivity contribution in [1.29, 1.82) is 0 Å². The number of unbranched alkanes of at least 4 members (excludes halogenated alkanes) is 8. The lowest BCUT2D eigenvalue weighted by molar-refractivity contribution is -0.00211. The number of hydrogen-bond donors (Lipinski definition) is 0. The molecule has 0 saturated carbocycles. The van der Waals surface area contributed by atoms with Crippen molar-refractivity contribution in [3.05, 3.63) is 83.2 Å². The summed E-state index contributed by atoms with van der Waals surface area (Å²) in [5, 5.41) is 0. The summed E-state index contributed by atoms with van der Waals surface area (Å²) in [7, 11) is 0. The fourth-order valence-electron chi connectivity index (χ4n) is 6.05. The first-order chi connectivity index (χ1) is 20.0. The zero-order valence-electron chi connectivity index (χ0n) is 25.0. The Morgan fingerprint density at radius 1 is 0.659 bits per heavy atom. The quantitative estimate of drug-likeness (QED) is 0.167. The molecule has 3 aromatic carbocycles. The van der Waals surface area contributed by atoms with Gasteiger partial charge in [0.1, 0.15) is 5.82 Å². The minimum absolute atomic E-state index is 0.218. The van der Waals surface area contributed by atoms with Crippen LogP contribution < -0.4 is 0 Å². The summed E-state index contributed by atoms with van der Waals surface area (Å²) >= 11 is 0. The highest BCUT2D eigenvalue weighted by molar-refractivity contribution is 5.71. The molecular weight excluding hydrogens is 517 g/mol. The van der Waals surface area contributed by atoms with Gasteiger partial charge in [-0.2, -0.15) is 0 Å². The van der Waals surface area contributed by atoms with Gasteiger partial charge in [-0.1, -0.05) is 120 Å². The smallest absolute Gasteiger partial charge is 0.166 e. The third-order valence-corrected chi connectivity index (χ3v) is 8.68. The first-order valence-electron chi connectivity index (χ1n) is 16.0. The van der Waals surface area contributed by atoms with Crippen LogP contribution in [0.2, 0.25) is 0 Å². The van der Waals surface area contributed by atoms with Crippen molar-refractivity contribution in [2.24, 2.45) is 0 Å². The molecule has 4 rings (SSSR count). The van der Waals surface area contributed by atoms with Crippen molar-refractivity contribution >= 4 is 0 Å². The standard InChI is InChI=1S/C37H47F3O/c1-3-5-7-8-9-10-12-13-29-20-24-34(37(40)36(29)39)28-17-15-27(16-18-28)33-23-21-30(25-35(33)38)31-19-22-32(41-26-31)14-11-6-4-2/h15-18,20-21,23-25,31-32H,3-14,19,22,26H2,1-2H3. The number of ether oxygens (including phenoxy) is 1. The fraction of sp³-hybridized carbons (Fsp3) is 0.514. The highest BCUT2D eigenvalue weighted by atomic mass is 19.2. The molecule has 0 spiro atoms. The van der Waals surface area contributed by atoms with Gasteiger partial charge in [-0.3, -0.25) is 0 Å². The molecular formula is C37H47F3O. The molecule has 0 aliphatic carbocycles. The van der Waals surface area contributed by atoms with E-state index in [4.69, 9.17) is 4.74 Å². The van der Waals surface area contributed by atoms with Gasteiger partial charge in [0.15, 0.2) is 11.6 Å². The first kappa shape index (κ1) is 31.3. The second-order valence-corrected chi connectivity index (χ2v) is 11.8. The maximum atomic E-state index is 15.2. The van der Waals surface area contributed by atoms with Crippen molar-refractivity contribution in [3.8, 4) is 22.3 Å². The predicted molar refractivity (Wildman–Crippen MR) is 165 cm³/mol. The van der Waals surface area contributed by atoms with Crippen molar-refractivity contribution in [1.82, 2.24) is 0 Å². The summed E-state index contributed by atoms with van der Waals surface area (Å²) in [6, 6.07) is 15.9. The Labute approximate surface area is 245 Å². The summed E-state index contributed by atoms with van der Waals surface area (Å²) in [6.07, 6.45) is 15.7. The van der Waals surface area contributed by atoms with Crippen molar-refractivity contribution in [3.63, 3.8) is 0 Å². The second kappa shape index (κ2) is 16.2. The van der Waals surface area contributed by atoms with E-state index >= 15 is 8.78 Å². The monoisotopic (exact) mass is 564 g/mol. The van der Waals surface area contributed by atoms with Crippen molar-refractivity contribution in [2.75, 3.05) is 6.61 Å². The zero-order valence-corrected chi connectivity index (χ0v) is 25.0. The van der Waals surface area contributed by atoms with Gasteiger partial charge in [0.05, 0.1) is 12.7 Å². The average molecular weight is 565 g/mol. The summed E-state index contributed by atoms with van der Waals surface area (Å²) < 4.78 is 51.2. The van der Waals surface area contributed by atoms with Gasteiger partial charge in [-0.15, -0.1) is 0 Å². The Morgan fingerprint density at radius 2 is 1.29 bits per heavy atom. The molecule has 1 saturated heterocycles. The Bertz CT molecular complexity index is 1210. The molecule has 0 aromatic heterocycles. The van der Waals surface area contributed by atoms with Gasteiger partial charge < -0.3 is 4.74 Å². The Kier molecular flexibility index (Phi) is 12.4. The molecule has 0 amide bonds. The molecule has 1 heterocycles. The molecule has 1 aliphatic heterocycles. The lowest BCUT2D eigenvalue weighted by Gasteiger charge is -2.29. The molecule has 2 unspecified atom stereocenters. The topological polar surface area (TPSA) is 9.23 Å². The second-order valence-electron chi connectivity index (χ2n) is 11.8. The van der Waals surface area contributed by atoms with E-state index in [1.54, 1.807) is 42.5 Å². The minimum Gasteiger partial charge on any atom is -0.378 e. The summed E-state index contributed by atoms with van der Waals surface area (Å²) in [5.41, 5.74) is 3.45. The number of rotatable bonds is 15. The van der Waals surface area contributed by atoms with E-state index in [0.717, 1.165) is 44.1 Å². The lowest BCUT2D eigenvalue weighted by Crippen LogP contribution is -2.24. The van der Waals surface area contributed by atoms with Crippen LogP contribution in [0.25, 0.3) is 22.3 Å². The molecule has 4 heteroatoms. The van der Waals surface area contributed by atoms with Crippen molar-refractivity contribution in [2.45, 2.75) is 116 Å². The van der Waals surface area contributed by atoms with E-state index in [9.17, 15) is 4.39 Å². The van der Waals surface area contributed by atoms with Crippen LogP contribution in [0.1, 0.15) is 114 Å². The third-order valence-electron chi connectivity index (χ3n) is 8.68. The number of hydrogen-bond acceptors (Lipinski definition) is 1. The van der Waals surface area contributed by atoms with E-state index < -0.39 is 11.6 Å². The van der Waals surface area contributed by atoms with Crippen LogP contribution in [0.3, 0.4) is 0 Å². The van der Waals surface area contributed by atoms with Crippen LogP contribution in [-0.2, 0) is 11.2 Å². The lowest BCUT2D eigenvalue weighted by atomic mass is 9.89. The van der Waals surface area contributed by atoms with Crippen LogP contribution in [0, 0.1) is 17.5 Å². The molecule has 1 fully saturated rings. The fourth-order valence-corrected chi connectivity index (χ4v) is 6.05. The van der Waals surface area contributed by atoms with Gasteiger partial charge in [0.2, 0.25) is 0 Å². The maximum absolute atomic E-state index is 15.2. The number of benzene rings is 3. The third kappa shape index (κ3) is 8.70. The normalized spacial score (nSPS) is 17.2. The highest BCUT2D eigenvalue weighted by Gasteiger charge is 2.23. The molecule has 41 heavy (non-hydrogen) atoms. The Hall–Kier alpha value is -2.59. The molecule has 222 valence electrons. The molecule has 0 N–H and O–H groups in total. The van der Waals surface area contributed by atoms with E-state index in [-0.39, 0.29) is 17.3 Å². The SMILES string of the molecule is CCCCCCCCCc1ccc(-c2ccc(-c3ccc(C4CCC(CCCCC)OC4)cc3F)cc2)c(F)c1F. The van der Waals surface area contributed by atoms with E-state index in [0.29, 0.717) is 41.4 Å². The first-order valence-corrected chi connectivity index (χ1v) is 16.0. The largest absolute Gasteiger partial charge is 0.378 e. The van der Waals surface area contributed by atoms with E-state index in [1.165, 1.54) is 44.9 Å². The Morgan fingerprint density at radius 3 is 1.95 bits per heavy atom. The molecule has 0 bridgehead atoms. The van der Waals surface area contributed by atoms with E-state index in [1.807, 2.05) is 12.1 Å². The predicted octanol–water partition coefficient (Wildman–Crippen LogP) is 11.6. The van der Waals surface area contributed by atoms with Gasteiger partial charge in [-0.25, -0.2) is 13.2 Å². The van der Waals surface area contributed by atoms with Crippen molar-refractivity contribution < 1.29 is 17.9 Å². The van der Waals surface area contributed by atoms with E-state index in [2.05, 4.69) is 13.8 Å². The van der Waals surface area contributed by atoms with Crippen LogP contribution in [0.4, 0.5) is 13.2 Å². The van der Waals surface area contributed by atoms with Gasteiger partial charge in [0, 0.05) is 17.0 Å². The van der Waals surface area contributed by atoms with Gasteiger partial charge in [0.25, 0.3) is 0 Å². The summed E-state index contributed by atoms with van der Waals surface area (Å²) in [5.74, 6) is -1.61. The molecule has 2 atom stereocenters. The summed E-state index contributed by atoms with van der Waals surface area (Å²) in [4.78, 5) is 0. The van der Waals surface area contributed by atoms with Crippen LogP contribution in [0.5, 0.6) is 0 Å². The van der Waals surface area contributed by atoms with Gasteiger partial charge >= 0.3 is 0 Å². The number of halogens is 3. The molecule has 3 aromatic rings. The van der Waals surface area contributed by atoms with Crippen LogP contribution in [-0.4, -0.2) is 12.7 Å². The summed E-state index contributed by atoms with van der Waals surface area (Å²) in [6.45, 7) is 5.05. The average Bonchev–Trinajstić information content (AvgIpc) is 2.99. The molecule has 0 radical (unpaired) electrons. The maximum Gasteiger partial charge on any atom is 0.166 e. The Balaban J connectivity index is 1.35. The van der Waals surface area contributed by atoms with Gasteiger partial charge in [-0.05, 0) is 60.4 Å². The van der Waals surface area contributed by atoms with Crippen LogP contribution in [0.15, 0.2) is 54.6 Å². The zero-order chi connectivity index (χ0) is 29.0. The minimum atomic E-state index is -0.809. The number of aryl methyl sites for hydroxylation is 1. The molecule has 1 aliphatic rings.